The highest BCUT2D eigenvalue weighted by Gasteiger charge is 2.21. The van der Waals surface area contributed by atoms with Gasteiger partial charge in [-0.05, 0) is 67.0 Å². The maximum absolute atomic E-state index is 11.7. The number of rotatable bonds is 4. The molecule has 0 aliphatic heterocycles. The fraction of sp³-hybridized carbons (Fsp3) is 0.235. The van der Waals surface area contributed by atoms with Gasteiger partial charge in [0.25, 0.3) is 0 Å². The highest BCUT2D eigenvalue weighted by molar-refractivity contribution is 8.00. The van der Waals surface area contributed by atoms with Gasteiger partial charge in [-0.2, -0.15) is 0 Å². The molecule has 0 atom stereocenters. The molecule has 0 saturated carbocycles. The second-order valence-electron chi connectivity index (χ2n) is 5.16. The van der Waals surface area contributed by atoms with Crippen LogP contribution in [0.15, 0.2) is 47.4 Å². The number of hydrogen-bond acceptors (Lipinski definition) is 3. The van der Waals surface area contributed by atoms with E-state index in [4.69, 9.17) is 0 Å². The number of aryl methyl sites for hydroxylation is 1. The molecule has 0 aromatic heterocycles. The van der Waals surface area contributed by atoms with E-state index < -0.39 is 5.97 Å². The first kappa shape index (κ1) is 14.0. The number of nitrogens with one attached hydrogen (secondary N) is 1. The van der Waals surface area contributed by atoms with Gasteiger partial charge in [-0.15, -0.1) is 0 Å². The topological polar surface area (TPSA) is 49.3 Å². The number of anilines is 1. The van der Waals surface area contributed by atoms with Crippen molar-refractivity contribution in [3.8, 4) is 0 Å². The molecule has 0 heterocycles. The Morgan fingerprint density at radius 3 is 2.57 bits per heavy atom. The van der Waals surface area contributed by atoms with Crippen LogP contribution in [0.5, 0.6) is 0 Å². The summed E-state index contributed by atoms with van der Waals surface area (Å²) in [4.78, 5) is 12.7. The standard InChI is InChI=1S/C17H17NO2S/c19-17(20)16-14-9-5-4-6-12(14)10-11-15(16)18-21-13-7-2-1-3-8-13/h1-3,7-8,10-11,18H,4-6,9H2,(H,19,20). The zero-order valence-electron chi connectivity index (χ0n) is 11.6. The molecule has 21 heavy (non-hydrogen) atoms. The van der Waals surface area contributed by atoms with Crippen molar-refractivity contribution in [1.29, 1.82) is 0 Å². The molecule has 0 bridgehead atoms. The Kier molecular flexibility index (Phi) is 4.15. The van der Waals surface area contributed by atoms with Crippen molar-refractivity contribution in [3.05, 3.63) is 59.2 Å². The van der Waals surface area contributed by atoms with Crippen LogP contribution >= 0.6 is 11.9 Å². The largest absolute Gasteiger partial charge is 0.478 e. The van der Waals surface area contributed by atoms with Crippen molar-refractivity contribution in [2.24, 2.45) is 0 Å². The summed E-state index contributed by atoms with van der Waals surface area (Å²) in [6.45, 7) is 0. The first-order valence-electron chi connectivity index (χ1n) is 7.11. The van der Waals surface area contributed by atoms with Gasteiger partial charge in [0.15, 0.2) is 0 Å². The lowest BCUT2D eigenvalue weighted by atomic mass is 9.87. The smallest absolute Gasteiger partial charge is 0.338 e. The Labute approximate surface area is 128 Å². The van der Waals surface area contributed by atoms with E-state index in [0.717, 1.165) is 36.1 Å². The van der Waals surface area contributed by atoms with Crippen LogP contribution in [-0.2, 0) is 12.8 Å². The van der Waals surface area contributed by atoms with E-state index in [0.29, 0.717) is 11.3 Å². The monoisotopic (exact) mass is 299 g/mol. The van der Waals surface area contributed by atoms with Crippen LogP contribution in [0.4, 0.5) is 5.69 Å². The Morgan fingerprint density at radius 1 is 1.05 bits per heavy atom. The molecule has 3 nitrogen and oxygen atoms in total. The average Bonchev–Trinajstić information content (AvgIpc) is 2.53. The lowest BCUT2D eigenvalue weighted by molar-refractivity contribution is 0.0696. The molecule has 0 spiro atoms. The van der Waals surface area contributed by atoms with E-state index in [1.807, 2.05) is 36.4 Å². The average molecular weight is 299 g/mol. The van der Waals surface area contributed by atoms with E-state index in [9.17, 15) is 9.90 Å². The summed E-state index contributed by atoms with van der Waals surface area (Å²) in [6.07, 6.45) is 4.07. The molecule has 108 valence electrons. The summed E-state index contributed by atoms with van der Waals surface area (Å²) < 4.78 is 3.20. The number of carboxylic acids is 1. The van der Waals surface area contributed by atoms with E-state index in [1.54, 1.807) is 0 Å². The number of fused-ring (bicyclic) bond motifs is 1. The molecule has 0 unspecified atom stereocenters. The Hall–Kier alpha value is -1.94. The molecule has 1 aliphatic rings. The van der Waals surface area contributed by atoms with Crippen LogP contribution in [0.3, 0.4) is 0 Å². The third kappa shape index (κ3) is 3.05. The quantitative estimate of drug-likeness (QED) is 0.822. The van der Waals surface area contributed by atoms with E-state index in [-0.39, 0.29) is 0 Å². The van der Waals surface area contributed by atoms with Crippen molar-refractivity contribution in [3.63, 3.8) is 0 Å². The first-order chi connectivity index (χ1) is 10.3. The third-order valence-corrected chi connectivity index (χ3v) is 4.60. The molecule has 2 aromatic carbocycles. The highest BCUT2D eigenvalue weighted by atomic mass is 32.2. The fourth-order valence-corrected chi connectivity index (χ4v) is 3.45. The molecule has 4 heteroatoms. The van der Waals surface area contributed by atoms with Crippen molar-refractivity contribution in [1.82, 2.24) is 0 Å². The molecule has 0 amide bonds. The summed E-state index contributed by atoms with van der Waals surface area (Å²) in [7, 11) is 0. The number of carbonyl (C=O) groups is 1. The molecule has 2 aromatic rings. The normalized spacial score (nSPS) is 13.5. The van der Waals surface area contributed by atoms with Gasteiger partial charge in [0.2, 0.25) is 0 Å². The summed E-state index contributed by atoms with van der Waals surface area (Å²) in [6, 6.07) is 13.8. The van der Waals surface area contributed by atoms with Crippen LogP contribution in [-0.4, -0.2) is 11.1 Å². The first-order valence-corrected chi connectivity index (χ1v) is 7.93. The van der Waals surface area contributed by atoms with Gasteiger partial charge in [0.1, 0.15) is 0 Å². The van der Waals surface area contributed by atoms with Crippen LogP contribution in [0.1, 0.15) is 34.3 Å². The van der Waals surface area contributed by atoms with Gasteiger partial charge < -0.3 is 9.83 Å². The lowest BCUT2D eigenvalue weighted by Crippen LogP contribution is -2.12. The van der Waals surface area contributed by atoms with Crippen molar-refractivity contribution >= 4 is 23.6 Å². The Bertz CT molecular complexity index is 655. The molecular formula is C17H17NO2S. The molecule has 2 N–H and O–H groups in total. The van der Waals surface area contributed by atoms with E-state index >= 15 is 0 Å². The van der Waals surface area contributed by atoms with Crippen LogP contribution in [0.2, 0.25) is 0 Å². The van der Waals surface area contributed by atoms with Crippen molar-refractivity contribution in [2.45, 2.75) is 30.6 Å². The van der Waals surface area contributed by atoms with Gasteiger partial charge >= 0.3 is 5.97 Å². The minimum absolute atomic E-state index is 0.440. The molecule has 0 radical (unpaired) electrons. The second-order valence-corrected chi connectivity index (χ2v) is 6.03. The zero-order chi connectivity index (χ0) is 14.7. The van der Waals surface area contributed by atoms with Crippen LogP contribution < -0.4 is 4.72 Å². The lowest BCUT2D eigenvalue weighted by Gasteiger charge is -2.20. The maximum atomic E-state index is 11.7. The van der Waals surface area contributed by atoms with Crippen molar-refractivity contribution < 1.29 is 9.90 Å². The zero-order valence-corrected chi connectivity index (χ0v) is 12.5. The SMILES string of the molecule is O=C(O)c1c(NSc2ccccc2)ccc2c1CCCC2. The molecule has 0 fully saturated rings. The minimum Gasteiger partial charge on any atom is -0.478 e. The van der Waals surface area contributed by atoms with Crippen LogP contribution in [0, 0.1) is 0 Å². The Morgan fingerprint density at radius 2 is 1.81 bits per heavy atom. The molecular weight excluding hydrogens is 282 g/mol. The van der Waals surface area contributed by atoms with E-state index in [2.05, 4.69) is 10.8 Å². The fourth-order valence-electron chi connectivity index (χ4n) is 2.76. The summed E-state index contributed by atoms with van der Waals surface area (Å²) in [5.41, 5.74) is 3.33. The predicted molar refractivity (Wildman–Crippen MR) is 86.0 cm³/mol. The summed E-state index contributed by atoms with van der Waals surface area (Å²) in [5, 5.41) is 9.57. The number of benzene rings is 2. The highest BCUT2D eigenvalue weighted by Crippen LogP contribution is 2.32. The van der Waals surface area contributed by atoms with Gasteiger partial charge in [0.05, 0.1) is 11.3 Å². The van der Waals surface area contributed by atoms with Gasteiger partial charge in [-0.3, -0.25) is 0 Å². The minimum atomic E-state index is -0.843. The summed E-state index contributed by atoms with van der Waals surface area (Å²) in [5.74, 6) is -0.843. The van der Waals surface area contributed by atoms with E-state index in [1.165, 1.54) is 17.5 Å². The molecule has 3 rings (SSSR count). The van der Waals surface area contributed by atoms with Gasteiger partial charge in [-0.1, -0.05) is 24.3 Å². The number of hydrogen-bond donors (Lipinski definition) is 2. The maximum Gasteiger partial charge on any atom is 0.338 e. The predicted octanol–water partition coefficient (Wildman–Crippen LogP) is 4.38. The van der Waals surface area contributed by atoms with Gasteiger partial charge in [0, 0.05) is 4.90 Å². The Balaban J connectivity index is 1.89. The van der Waals surface area contributed by atoms with Crippen molar-refractivity contribution in [2.75, 3.05) is 4.72 Å². The number of carboxylic acid groups (broad SMARTS) is 1. The number of aromatic carboxylic acids is 1. The second kappa shape index (κ2) is 6.22. The molecule has 0 saturated heterocycles. The molecule has 1 aliphatic carbocycles. The summed E-state index contributed by atoms with van der Waals surface area (Å²) >= 11 is 1.44. The van der Waals surface area contributed by atoms with Gasteiger partial charge in [-0.25, -0.2) is 4.79 Å². The third-order valence-electron chi connectivity index (χ3n) is 3.77. The van der Waals surface area contributed by atoms with Crippen LogP contribution in [0.25, 0.3) is 0 Å².